The molecular weight excluding hydrogens is 411 g/mol. The first-order valence-corrected chi connectivity index (χ1v) is 8.38. The maximum Gasteiger partial charge on any atom is 0.191 e. The molecule has 0 spiro atoms. The maximum atomic E-state index is 6.18. The fraction of sp³-hybridized carbons (Fsp3) is 0.368. The molecule has 1 aliphatic heterocycles. The van der Waals surface area contributed by atoms with Crippen LogP contribution in [0.3, 0.4) is 0 Å². The molecule has 3 rings (SSSR count). The van der Waals surface area contributed by atoms with Crippen LogP contribution in [0.5, 0.6) is 0 Å². The molecule has 4 nitrogen and oxygen atoms in total. The second-order valence-electron chi connectivity index (χ2n) is 5.99. The smallest absolute Gasteiger partial charge is 0.191 e. The van der Waals surface area contributed by atoms with Gasteiger partial charge in [0.1, 0.15) is 0 Å². The largest absolute Gasteiger partial charge is 0.370 e. The summed E-state index contributed by atoms with van der Waals surface area (Å²) in [5.74, 6) is 0.676. The molecule has 2 N–H and O–H groups in total. The van der Waals surface area contributed by atoms with Gasteiger partial charge in [0, 0.05) is 24.8 Å². The topological polar surface area (TPSA) is 54.5 Å². The molecule has 0 unspecified atom stereocenters. The zero-order chi connectivity index (χ0) is 15.9. The Balaban J connectivity index is 0.00000208. The van der Waals surface area contributed by atoms with Gasteiger partial charge in [0.05, 0.1) is 12.2 Å². The summed E-state index contributed by atoms with van der Waals surface area (Å²) in [4.78, 5) is 11.2. The van der Waals surface area contributed by atoms with E-state index in [-0.39, 0.29) is 24.0 Å². The van der Waals surface area contributed by atoms with Crippen molar-refractivity contribution < 1.29 is 0 Å². The van der Waals surface area contributed by atoms with Gasteiger partial charge in [-0.25, -0.2) is 4.99 Å². The predicted octanol–water partition coefficient (Wildman–Crippen LogP) is 4.06. The second-order valence-corrected chi connectivity index (χ2v) is 5.99. The number of likely N-dealkylation sites (tertiary alicyclic amines) is 1. The average molecular weight is 436 g/mol. The fourth-order valence-electron chi connectivity index (χ4n) is 2.93. The van der Waals surface area contributed by atoms with Crippen molar-refractivity contribution in [3.63, 3.8) is 0 Å². The van der Waals surface area contributed by atoms with Gasteiger partial charge in [-0.3, -0.25) is 4.98 Å². The highest BCUT2D eigenvalue weighted by atomic mass is 127. The molecule has 0 atom stereocenters. The third-order valence-electron chi connectivity index (χ3n) is 4.24. The van der Waals surface area contributed by atoms with Crippen molar-refractivity contribution in [1.82, 2.24) is 9.88 Å². The van der Waals surface area contributed by atoms with Crippen molar-refractivity contribution >= 4 is 29.9 Å². The van der Waals surface area contributed by atoms with E-state index in [0.29, 0.717) is 12.5 Å². The number of aliphatic imine (C=N–C) groups is 1. The zero-order valence-electron chi connectivity index (χ0n) is 13.9. The number of pyridine rings is 1. The van der Waals surface area contributed by atoms with Crippen LogP contribution in [-0.4, -0.2) is 28.9 Å². The van der Waals surface area contributed by atoms with Crippen molar-refractivity contribution in [2.45, 2.75) is 32.2 Å². The van der Waals surface area contributed by atoms with Crippen LogP contribution < -0.4 is 5.73 Å². The second kappa shape index (κ2) is 9.61. The summed E-state index contributed by atoms with van der Waals surface area (Å²) >= 11 is 0. The molecule has 2 heterocycles. The summed E-state index contributed by atoms with van der Waals surface area (Å²) in [5, 5.41) is 0. The fourth-order valence-corrected chi connectivity index (χ4v) is 2.93. The molecule has 0 saturated carbocycles. The quantitative estimate of drug-likeness (QED) is 0.449. The number of hydrogen-bond acceptors (Lipinski definition) is 2. The Hall–Kier alpha value is -1.63. The molecule has 0 amide bonds. The molecule has 0 bridgehead atoms. The minimum absolute atomic E-state index is 0. The predicted molar refractivity (Wildman–Crippen MR) is 110 cm³/mol. The van der Waals surface area contributed by atoms with E-state index in [1.165, 1.54) is 25.7 Å². The highest BCUT2D eigenvalue weighted by Crippen LogP contribution is 2.18. The number of halogens is 1. The maximum absolute atomic E-state index is 6.18. The van der Waals surface area contributed by atoms with E-state index in [2.05, 4.69) is 39.1 Å². The molecule has 1 aromatic carbocycles. The van der Waals surface area contributed by atoms with Crippen LogP contribution in [0.15, 0.2) is 53.7 Å². The van der Waals surface area contributed by atoms with Crippen LogP contribution in [0.25, 0.3) is 11.3 Å². The molecule has 1 aliphatic rings. The van der Waals surface area contributed by atoms with E-state index >= 15 is 0 Å². The lowest BCUT2D eigenvalue weighted by molar-refractivity contribution is 0.428. The van der Waals surface area contributed by atoms with Crippen molar-refractivity contribution in [1.29, 1.82) is 0 Å². The highest BCUT2D eigenvalue weighted by Gasteiger charge is 2.10. The van der Waals surface area contributed by atoms with Crippen LogP contribution in [0.2, 0.25) is 0 Å². The lowest BCUT2D eigenvalue weighted by Crippen LogP contribution is -2.38. The van der Waals surface area contributed by atoms with E-state index in [1.54, 1.807) is 0 Å². The van der Waals surface area contributed by atoms with Crippen LogP contribution >= 0.6 is 24.0 Å². The first kappa shape index (κ1) is 18.7. The number of guanidine groups is 1. The van der Waals surface area contributed by atoms with E-state index < -0.39 is 0 Å². The Kier molecular flexibility index (Phi) is 7.49. The zero-order valence-corrected chi connectivity index (χ0v) is 16.2. The summed E-state index contributed by atoms with van der Waals surface area (Å²) in [6.45, 7) is 2.68. The van der Waals surface area contributed by atoms with Crippen LogP contribution in [0.1, 0.15) is 31.2 Å². The molecule has 1 fully saturated rings. The van der Waals surface area contributed by atoms with Gasteiger partial charge in [-0.05, 0) is 36.6 Å². The van der Waals surface area contributed by atoms with Crippen molar-refractivity contribution in [2.75, 3.05) is 13.1 Å². The lowest BCUT2D eigenvalue weighted by Gasteiger charge is -2.21. The monoisotopic (exact) mass is 436 g/mol. The number of nitrogens with zero attached hydrogens (tertiary/aromatic N) is 3. The van der Waals surface area contributed by atoms with E-state index in [9.17, 15) is 0 Å². The van der Waals surface area contributed by atoms with Crippen LogP contribution in [0.4, 0.5) is 0 Å². The average Bonchev–Trinajstić information content (AvgIpc) is 2.90. The molecule has 1 aromatic heterocycles. The summed E-state index contributed by atoms with van der Waals surface area (Å²) in [7, 11) is 0. The first-order chi connectivity index (χ1) is 11.3. The lowest BCUT2D eigenvalue weighted by atomic mass is 10.1. The third-order valence-corrected chi connectivity index (χ3v) is 4.24. The molecule has 5 heteroatoms. The number of nitrogens with two attached hydrogens (primary N) is 1. The van der Waals surface area contributed by atoms with Gasteiger partial charge >= 0.3 is 0 Å². The Morgan fingerprint density at radius 2 is 1.83 bits per heavy atom. The molecular formula is C19H25IN4. The Morgan fingerprint density at radius 3 is 2.54 bits per heavy atom. The Labute approximate surface area is 161 Å². The minimum Gasteiger partial charge on any atom is -0.370 e. The van der Waals surface area contributed by atoms with Gasteiger partial charge in [0.25, 0.3) is 0 Å². The summed E-state index contributed by atoms with van der Waals surface area (Å²) in [5.41, 5.74) is 9.44. The van der Waals surface area contributed by atoms with E-state index in [0.717, 1.165) is 29.9 Å². The molecule has 1 saturated heterocycles. The van der Waals surface area contributed by atoms with Gasteiger partial charge in [-0.2, -0.15) is 0 Å². The van der Waals surface area contributed by atoms with E-state index in [1.807, 2.05) is 24.4 Å². The number of aromatic nitrogens is 1. The van der Waals surface area contributed by atoms with Crippen LogP contribution in [-0.2, 0) is 6.54 Å². The Bertz CT molecular complexity index is 649. The summed E-state index contributed by atoms with van der Waals surface area (Å²) in [6.07, 6.45) is 6.85. The van der Waals surface area contributed by atoms with Crippen molar-refractivity contribution in [3.8, 4) is 11.3 Å². The van der Waals surface area contributed by atoms with Gasteiger partial charge in [0.2, 0.25) is 0 Å². The highest BCUT2D eigenvalue weighted by molar-refractivity contribution is 14.0. The van der Waals surface area contributed by atoms with Gasteiger partial charge in [0.15, 0.2) is 5.96 Å². The van der Waals surface area contributed by atoms with Crippen molar-refractivity contribution in [2.24, 2.45) is 10.7 Å². The van der Waals surface area contributed by atoms with Crippen molar-refractivity contribution in [3.05, 3.63) is 54.2 Å². The molecule has 2 aromatic rings. The van der Waals surface area contributed by atoms with Crippen LogP contribution in [0, 0.1) is 0 Å². The summed E-state index contributed by atoms with van der Waals surface area (Å²) in [6, 6.07) is 14.3. The summed E-state index contributed by atoms with van der Waals surface area (Å²) < 4.78 is 0. The normalized spacial score (nSPS) is 15.5. The standard InChI is InChI=1S/C19H24N4.HI/c20-19(23-12-5-1-2-6-13-23)22-15-16-8-7-9-17(14-16)18-10-3-4-11-21-18;/h3-4,7-11,14H,1-2,5-6,12-13,15H2,(H2,20,22);1H. The third kappa shape index (κ3) is 5.19. The number of benzene rings is 1. The molecule has 0 radical (unpaired) electrons. The molecule has 128 valence electrons. The van der Waals surface area contributed by atoms with Gasteiger partial charge < -0.3 is 10.6 Å². The SMILES string of the molecule is I.NC(=NCc1cccc(-c2ccccn2)c1)N1CCCCCC1. The first-order valence-electron chi connectivity index (χ1n) is 8.38. The van der Waals surface area contributed by atoms with Gasteiger partial charge in [-0.1, -0.05) is 37.1 Å². The minimum atomic E-state index is 0. The number of rotatable bonds is 3. The molecule has 24 heavy (non-hydrogen) atoms. The van der Waals surface area contributed by atoms with E-state index in [4.69, 9.17) is 5.73 Å². The Morgan fingerprint density at radius 1 is 1.04 bits per heavy atom. The van der Waals surface area contributed by atoms with Gasteiger partial charge in [-0.15, -0.1) is 24.0 Å². The number of hydrogen-bond donors (Lipinski definition) is 1. The molecule has 0 aliphatic carbocycles.